The maximum Gasteiger partial charge on any atom is 0.0469 e. The van der Waals surface area contributed by atoms with Gasteiger partial charge in [-0.25, -0.2) is 0 Å². The topological polar surface area (TPSA) is 4.93 Å². The Morgan fingerprint density at radius 3 is 2.08 bits per heavy atom. The molecule has 0 unspecified atom stereocenters. The monoisotopic (exact) mass is 311 g/mol. The lowest BCUT2D eigenvalue weighted by atomic mass is 9.99. The minimum Gasteiger partial charge on any atom is -0.310 e. The lowest BCUT2D eigenvalue weighted by molar-refractivity contribution is 0.988. The lowest BCUT2D eigenvalue weighted by Crippen LogP contribution is -2.22. The first kappa shape index (κ1) is 14.8. The molecule has 0 saturated heterocycles. The summed E-state index contributed by atoms with van der Waals surface area (Å²) in [6.07, 6.45) is 10.2. The van der Waals surface area contributed by atoms with Gasteiger partial charge in [0, 0.05) is 27.2 Å². The summed E-state index contributed by atoms with van der Waals surface area (Å²) in [7, 11) is 0. The van der Waals surface area contributed by atoms with E-state index in [-0.39, 0.29) is 0 Å². The Morgan fingerprint density at radius 2 is 1.50 bits per heavy atom. The molecular weight excluding hydrogens is 290 g/mol. The van der Waals surface area contributed by atoms with Gasteiger partial charge in [-0.2, -0.15) is 0 Å². The number of rotatable bonds is 3. The molecule has 1 aromatic heterocycles. The Morgan fingerprint density at radius 1 is 0.833 bits per heavy atom. The number of hydrogen-bond acceptors (Lipinski definition) is 0. The molecule has 4 rings (SSSR count). The van der Waals surface area contributed by atoms with Gasteiger partial charge in [-0.05, 0) is 42.5 Å². The molecule has 0 saturated carbocycles. The predicted molar refractivity (Wildman–Crippen MR) is 104 cm³/mol. The van der Waals surface area contributed by atoms with Crippen molar-refractivity contribution < 1.29 is 0 Å². The van der Waals surface area contributed by atoms with Crippen molar-refractivity contribution in [2.24, 2.45) is 0 Å². The number of nitrogens with zero attached hydrogens (tertiary/aromatic N) is 1. The van der Waals surface area contributed by atoms with Crippen LogP contribution in [-0.4, -0.2) is 4.57 Å². The molecule has 0 atom stereocenters. The molecule has 1 heterocycles. The Bertz CT molecular complexity index is 999. The Hall–Kier alpha value is -2.80. The van der Waals surface area contributed by atoms with E-state index in [0.717, 1.165) is 29.2 Å². The van der Waals surface area contributed by atoms with E-state index in [2.05, 4.69) is 84.5 Å². The van der Waals surface area contributed by atoms with Gasteiger partial charge in [0.05, 0.1) is 0 Å². The summed E-state index contributed by atoms with van der Waals surface area (Å²) in [5.74, 6) is 0. The van der Waals surface area contributed by atoms with Crippen LogP contribution in [0.5, 0.6) is 0 Å². The molecule has 0 spiro atoms. The highest BCUT2D eigenvalue weighted by Crippen LogP contribution is 2.17. The maximum atomic E-state index is 4.27. The summed E-state index contributed by atoms with van der Waals surface area (Å²) in [6.45, 7) is 8.53. The molecule has 3 aromatic rings. The molecule has 0 radical (unpaired) electrons. The lowest BCUT2D eigenvalue weighted by Gasteiger charge is -2.09. The number of fused-ring (bicyclic) bond motifs is 1. The normalized spacial score (nSPS) is 14.1. The van der Waals surface area contributed by atoms with Crippen molar-refractivity contribution in [1.82, 2.24) is 4.57 Å². The Kier molecular flexibility index (Phi) is 3.70. The zero-order chi connectivity index (χ0) is 16.5. The van der Waals surface area contributed by atoms with E-state index < -0.39 is 0 Å². The molecular formula is C23H21N. The number of allylic oxidation sites excluding steroid dienone is 4. The second kappa shape index (κ2) is 6.01. The molecule has 0 N–H and O–H groups in total. The van der Waals surface area contributed by atoms with E-state index >= 15 is 0 Å². The molecule has 0 amide bonds. The van der Waals surface area contributed by atoms with E-state index in [1.165, 1.54) is 28.3 Å². The summed E-state index contributed by atoms with van der Waals surface area (Å²) in [4.78, 5) is 0. The van der Waals surface area contributed by atoms with Crippen LogP contribution in [0.15, 0.2) is 72.3 Å². The molecule has 1 aliphatic rings. The molecule has 1 aliphatic carbocycles. The summed E-state index contributed by atoms with van der Waals surface area (Å²) < 4.78 is 2.15. The summed E-state index contributed by atoms with van der Waals surface area (Å²) in [6, 6.07) is 17.1. The molecule has 2 aromatic carbocycles. The SMILES string of the molecule is C=c1c2ccccc2c(=C)n1-c1ccc(CC2=CCCC=C2)cc1. The summed E-state index contributed by atoms with van der Waals surface area (Å²) in [5.41, 5.74) is 3.87. The average Bonchev–Trinajstić information content (AvgIpc) is 2.88. The molecule has 0 bridgehead atoms. The van der Waals surface area contributed by atoms with Crippen LogP contribution in [0.4, 0.5) is 0 Å². The van der Waals surface area contributed by atoms with Crippen LogP contribution in [0.1, 0.15) is 18.4 Å². The standard InChI is InChI=1S/C23H21N/c1-17-22-10-6-7-11-23(22)18(2)24(17)21-14-12-20(13-15-21)16-19-8-4-3-5-9-19/h4,6-15H,1-3,5,16H2. The van der Waals surface area contributed by atoms with E-state index in [9.17, 15) is 0 Å². The van der Waals surface area contributed by atoms with Gasteiger partial charge >= 0.3 is 0 Å². The Labute approximate surface area is 142 Å². The second-order valence-corrected chi connectivity index (χ2v) is 6.38. The third-order valence-electron chi connectivity index (χ3n) is 4.76. The van der Waals surface area contributed by atoms with Crippen molar-refractivity contribution in [3.8, 4) is 5.69 Å². The van der Waals surface area contributed by atoms with E-state index in [1.807, 2.05) is 0 Å². The van der Waals surface area contributed by atoms with E-state index in [4.69, 9.17) is 0 Å². The van der Waals surface area contributed by atoms with Gasteiger partial charge in [0.2, 0.25) is 0 Å². The van der Waals surface area contributed by atoms with E-state index in [0.29, 0.717) is 0 Å². The maximum absolute atomic E-state index is 4.27. The number of benzene rings is 2. The second-order valence-electron chi connectivity index (χ2n) is 6.38. The highest BCUT2D eigenvalue weighted by molar-refractivity contribution is 5.84. The average molecular weight is 311 g/mol. The van der Waals surface area contributed by atoms with Gasteiger partial charge in [-0.1, -0.05) is 67.8 Å². The number of hydrogen-bond donors (Lipinski definition) is 0. The van der Waals surface area contributed by atoms with Crippen LogP contribution >= 0.6 is 0 Å². The molecule has 1 nitrogen and oxygen atoms in total. The minimum absolute atomic E-state index is 0.999. The molecule has 0 aliphatic heterocycles. The minimum atomic E-state index is 0.999. The van der Waals surface area contributed by atoms with Crippen LogP contribution in [0.3, 0.4) is 0 Å². The highest BCUT2D eigenvalue weighted by Gasteiger charge is 2.06. The third kappa shape index (κ3) is 2.52. The fourth-order valence-electron chi connectivity index (χ4n) is 3.50. The quantitative estimate of drug-likeness (QED) is 0.681. The van der Waals surface area contributed by atoms with Gasteiger partial charge in [0.25, 0.3) is 0 Å². The first-order valence-electron chi connectivity index (χ1n) is 8.46. The highest BCUT2D eigenvalue weighted by atomic mass is 15.0. The predicted octanol–water partition coefficient (Wildman–Crippen LogP) is 4.27. The fraction of sp³-hybridized carbons (Fsp3) is 0.130. The van der Waals surface area contributed by atoms with Crippen LogP contribution < -0.4 is 10.7 Å². The summed E-state index contributed by atoms with van der Waals surface area (Å²) >= 11 is 0. The van der Waals surface area contributed by atoms with Crippen LogP contribution in [0.25, 0.3) is 29.6 Å². The molecule has 1 heteroatoms. The van der Waals surface area contributed by atoms with Crippen LogP contribution in [0.2, 0.25) is 0 Å². The van der Waals surface area contributed by atoms with Crippen molar-refractivity contribution >= 4 is 23.9 Å². The fourth-order valence-corrected chi connectivity index (χ4v) is 3.50. The molecule has 0 fully saturated rings. The van der Waals surface area contributed by atoms with Crippen molar-refractivity contribution in [3.05, 3.63) is 88.6 Å². The zero-order valence-corrected chi connectivity index (χ0v) is 13.8. The largest absolute Gasteiger partial charge is 0.310 e. The van der Waals surface area contributed by atoms with Gasteiger partial charge in [-0.15, -0.1) is 0 Å². The van der Waals surface area contributed by atoms with Gasteiger partial charge in [0.1, 0.15) is 0 Å². The van der Waals surface area contributed by atoms with Crippen molar-refractivity contribution in [2.45, 2.75) is 19.3 Å². The number of aromatic nitrogens is 1. The third-order valence-corrected chi connectivity index (χ3v) is 4.76. The molecule has 118 valence electrons. The van der Waals surface area contributed by atoms with Crippen molar-refractivity contribution in [3.63, 3.8) is 0 Å². The Balaban J connectivity index is 1.71. The smallest absolute Gasteiger partial charge is 0.0469 e. The van der Waals surface area contributed by atoms with Gasteiger partial charge in [0.15, 0.2) is 0 Å². The van der Waals surface area contributed by atoms with Gasteiger partial charge < -0.3 is 4.57 Å². The first-order valence-corrected chi connectivity index (χ1v) is 8.46. The van der Waals surface area contributed by atoms with Crippen LogP contribution in [-0.2, 0) is 6.42 Å². The first-order chi connectivity index (χ1) is 11.7. The van der Waals surface area contributed by atoms with Crippen molar-refractivity contribution in [2.75, 3.05) is 0 Å². The zero-order valence-electron chi connectivity index (χ0n) is 13.8. The van der Waals surface area contributed by atoms with E-state index in [1.54, 1.807) is 0 Å². The summed E-state index contributed by atoms with van der Waals surface area (Å²) in [5, 5.41) is 4.34. The molecule has 24 heavy (non-hydrogen) atoms. The van der Waals surface area contributed by atoms with Gasteiger partial charge in [-0.3, -0.25) is 0 Å². The van der Waals surface area contributed by atoms with Crippen LogP contribution in [0, 0.1) is 0 Å². The van der Waals surface area contributed by atoms with Crippen molar-refractivity contribution in [1.29, 1.82) is 0 Å².